The van der Waals surface area contributed by atoms with Crippen molar-refractivity contribution >= 4 is 75.9 Å². The molecule has 3 aromatic carbocycles. The largest absolute Gasteiger partial charge is 0.354 e. The molecule has 3 N–H and O–H groups in total. The van der Waals surface area contributed by atoms with Crippen molar-refractivity contribution in [1.29, 1.82) is 0 Å². The van der Waals surface area contributed by atoms with E-state index in [4.69, 9.17) is 0 Å². The maximum absolute atomic E-state index is 15.0. The lowest BCUT2D eigenvalue weighted by Gasteiger charge is -2.40. The second kappa shape index (κ2) is 11.2. The molecule has 5 heterocycles. The van der Waals surface area contributed by atoms with Crippen LogP contribution >= 0.6 is 30.7 Å². The summed E-state index contributed by atoms with van der Waals surface area (Å²) in [5.41, 5.74) is -7.25. The zero-order valence-electron chi connectivity index (χ0n) is 29.8. The van der Waals surface area contributed by atoms with Gasteiger partial charge in [0.15, 0.2) is 0 Å². The van der Waals surface area contributed by atoms with Crippen LogP contribution in [0.4, 0.5) is 71.5 Å². The summed E-state index contributed by atoms with van der Waals surface area (Å²) in [6.07, 6.45) is 2.27. The average molecular weight is 959 g/mol. The van der Waals surface area contributed by atoms with Gasteiger partial charge in [0.2, 0.25) is 0 Å². The molecule has 0 fully saturated rings. The number of fused-ring (bicyclic) bond motifs is 9. The third-order valence-electron chi connectivity index (χ3n) is 9.39. The molecule has 0 atom stereocenters. The van der Waals surface area contributed by atoms with Gasteiger partial charge in [-0.25, -0.2) is 18.2 Å². The maximum atomic E-state index is 15.0. The molecule has 0 saturated heterocycles. The first-order chi connectivity index (χ1) is 27.8. The highest BCUT2D eigenvalue weighted by atomic mass is 32.5. The quantitative estimate of drug-likeness (QED) is 0.143. The van der Waals surface area contributed by atoms with Crippen LogP contribution in [-0.4, -0.2) is 19.9 Å². The van der Waals surface area contributed by atoms with Crippen molar-refractivity contribution < 1.29 is 71.5 Å². The van der Waals surface area contributed by atoms with Crippen molar-refractivity contribution in [2.45, 2.75) is 14.7 Å². The fraction of sp³-hybridized carbons (Fsp3) is 0. The van der Waals surface area contributed by atoms with E-state index in [9.17, 15) is 67.1 Å². The number of aromatic nitrogens is 4. The second-order valence-electron chi connectivity index (χ2n) is 14.1. The summed E-state index contributed by atoms with van der Waals surface area (Å²) in [5, 5.41) is 0. The summed E-state index contributed by atoms with van der Waals surface area (Å²) >= 11 is 0. The number of rotatable bonds is 6. The average Bonchev–Trinajstić information content (AvgIpc) is 3.91. The molecule has 0 radical (unpaired) electrons. The highest BCUT2D eigenvalue weighted by Crippen LogP contribution is 3.03. The Morgan fingerprint density at radius 1 is 0.323 bits per heavy atom. The van der Waals surface area contributed by atoms with Crippen molar-refractivity contribution in [3.05, 3.63) is 120 Å². The van der Waals surface area contributed by atoms with E-state index < -0.39 is 142 Å². The van der Waals surface area contributed by atoms with Crippen LogP contribution in [-0.2, 0) is 0 Å². The molecule has 0 saturated carbocycles. The van der Waals surface area contributed by atoms with Crippen LogP contribution in [0.1, 0.15) is 11.4 Å². The Hall–Kier alpha value is -5.82. The van der Waals surface area contributed by atoms with Gasteiger partial charge in [-0.2, -0.15) is 0 Å². The molecule has 25 heteroatoms. The number of halogens is 18. The number of nitrogens with zero attached hydrogens (tertiary/aromatic N) is 1. The third-order valence-corrected chi connectivity index (χ3v) is 12.8. The molecule has 1 aliphatic rings. The van der Waals surface area contributed by atoms with Gasteiger partial charge in [0.05, 0.1) is 16.9 Å². The molecule has 4 aromatic heterocycles. The van der Waals surface area contributed by atoms with Crippen molar-refractivity contribution in [2.24, 2.45) is 0 Å². The number of benzene rings is 3. The number of hydrogen-bond acceptors (Lipinski definition) is 1. The molecule has 1 aliphatic heterocycles. The molecule has 4 nitrogen and oxygen atoms in total. The number of hydrogen-bond donors (Lipinski definition) is 3. The molecular formula is C37H20F18N4S3. The van der Waals surface area contributed by atoms with Gasteiger partial charge in [0.1, 0.15) is 32.1 Å². The lowest BCUT2D eigenvalue weighted by Crippen LogP contribution is -2.07. The van der Waals surface area contributed by atoms with Gasteiger partial charge in [-0.05, 0) is 120 Å². The maximum Gasteiger partial charge on any atom is 0.310 e. The summed E-state index contributed by atoms with van der Waals surface area (Å²) in [6.45, 7) is 0. The summed E-state index contributed by atoms with van der Waals surface area (Å²) in [7, 11) is -31.9. The topological polar surface area (TPSA) is 60.3 Å². The summed E-state index contributed by atoms with van der Waals surface area (Å²) in [6, 6.07) is 5.61. The predicted molar refractivity (Wildman–Crippen MR) is 206 cm³/mol. The van der Waals surface area contributed by atoms with Crippen LogP contribution in [0.5, 0.6) is 0 Å². The lowest BCUT2D eigenvalue weighted by atomic mass is 10.0. The molecular weight excluding hydrogens is 939 g/mol. The summed E-state index contributed by atoms with van der Waals surface area (Å²) < 4.78 is 256. The molecule has 0 aliphatic carbocycles. The minimum absolute atomic E-state index is 0.0660. The van der Waals surface area contributed by atoms with Gasteiger partial charge in [-0.15, -0.1) is 0 Å². The molecule has 7 aromatic rings. The molecule has 8 bridgehead atoms. The van der Waals surface area contributed by atoms with Crippen LogP contribution in [0, 0.1) is 17.5 Å². The van der Waals surface area contributed by atoms with Crippen LogP contribution in [0.2, 0.25) is 0 Å². The SMILES string of the molecule is Fc1cc(-c2c3nc(c4ccc([nH]4)c(-c4cc(F)cc(S(F)(F)(F)(F)F)c4)c4ccc([nH]4)c(-c4cc(F)cc(S(F)(F)(F)(F)F)c4)c4ccc2[nH]4)C=C3)cc(S(F)(F)(F)(F)F)c1. The first kappa shape index (κ1) is 42.9. The highest BCUT2D eigenvalue weighted by molar-refractivity contribution is 8.46. The Bertz CT molecular complexity index is 3280. The van der Waals surface area contributed by atoms with Crippen molar-refractivity contribution in [2.75, 3.05) is 0 Å². The minimum atomic E-state index is -10.7. The Balaban J connectivity index is 1.58. The fourth-order valence-corrected chi connectivity index (χ4v) is 8.91. The van der Waals surface area contributed by atoms with Crippen molar-refractivity contribution in [3.63, 3.8) is 0 Å². The summed E-state index contributed by atoms with van der Waals surface area (Å²) in [4.78, 5) is 4.10. The van der Waals surface area contributed by atoms with Crippen LogP contribution in [0.15, 0.2) is 106 Å². The highest BCUT2D eigenvalue weighted by Gasteiger charge is 2.67. The van der Waals surface area contributed by atoms with Crippen LogP contribution in [0.25, 0.3) is 78.6 Å². The molecule has 0 unspecified atom stereocenters. The van der Waals surface area contributed by atoms with E-state index in [1.807, 2.05) is 0 Å². The van der Waals surface area contributed by atoms with Gasteiger partial charge in [0.25, 0.3) is 0 Å². The minimum Gasteiger partial charge on any atom is -0.354 e. The van der Waals surface area contributed by atoms with Gasteiger partial charge >= 0.3 is 30.7 Å². The van der Waals surface area contributed by atoms with Crippen molar-refractivity contribution in [1.82, 2.24) is 19.9 Å². The first-order valence-corrected chi connectivity index (χ1v) is 22.6. The van der Waals surface area contributed by atoms with Gasteiger partial charge in [0, 0.05) is 44.3 Å². The Morgan fingerprint density at radius 2 is 0.597 bits per heavy atom. The van der Waals surface area contributed by atoms with Gasteiger partial charge < -0.3 is 15.0 Å². The lowest BCUT2D eigenvalue weighted by molar-refractivity contribution is 0.359. The Kier molecular flexibility index (Phi) is 7.75. The third kappa shape index (κ3) is 8.26. The number of nitrogens with one attached hydrogen (secondary N) is 3. The smallest absolute Gasteiger partial charge is 0.310 e. The van der Waals surface area contributed by atoms with Crippen LogP contribution < -0.4 is 0 Å². The predicted octanol–water partition coefficient (Wildman–Crippen LogP) is 18.1. The number of aromatic amines is 3. The normalized spacial score (nSPS) is 16.6. The first-order valence-electron chi connectivity index (χ1n) is 16.8. The van der Waals surface area contributed by atoms with E-state index >= 15 is 4.39 Å². The Labute approximate surface area is 334 Å². The van der Waals surface area contributed by atoms with E-state index in [1.165, 1.54) is 12.1 Å². The second-order valence-corrected chi connectivity index (χ2v) is 21.4. The summed E-state index contributed by atoms with van der Waals surface area (Å²) in [5.74, 6) is -5.51. The van der Waals surface area contributed by atoms with E-state index in [0.29, 0.717) is 18.2 Å². The molecule has 62 heavy (non-hydrogen) atoms. The molecule has 8 rings (SSSR count). The standard InChI is InChI=1S/C37H20F18N4S3/c38-21-9-18(12-24(15-21)60(41,42,43,44)45)35-29-3-1-27(56-29)28-2-4-30(57-28)36(19-10-22(39)16-25(13-19)61(46,47,48,49)50)32-6-8-34(59-32)37(33-7-5-31(35)58-33)20-11-23(40)17-26(14-20)62(51,52,53,54)55/h1-17,56,58-59H. The van der Waals surface area contributed by atoms with Crippen molar-refractivity contribution in [3.8, 4) is 33.4 Å². The van der Waals surface area contributed by atoms with Crippen LogP contribution in [0.3, 0.4) is 0 Å². The van der Waals surface area contributed by atoms with E-state index in [1.54, 1.807) is 0 Å². The fourth-order valence-electron chi connectivity index (χ4n) is 6.86. The number of H-pyrrole nitrogens is 3. The van der Waals surface area contributed by atoms with E-state index in [2.05, 4.69) is 19.9 Å². The van der Waals surface area contributed by atoms with Gasteiger partial charge in [-0.3, -0.25) is 0 Å². The molecule has 0 amide bonds. The van der Waals surface area contributed by atoms with E-state index in [0.717, 1.165) is 36.4 Å². The Morgan fingerprint density at radius 3 is 0.935 bits per heavy atom. The van der Waals surface area contributed by atoms with E-state index in [-0.39, 0.29) is 34.9 Å². The van der Waals surface area contributed by atoms with Gasteiger partial charge in [-0.1, -0.05) is 58.3 Å². The molecule has 0 spiro atoms. The zero-order valence-corrected chi connectivity index (χ0v) is 32.2. The zero-order chi connectivity index (χ0) is 45.6. The molecule has 332 valence electrons. The monoisotopic (exact) mass is 958 g/mol.